The Bertz CT molecular complexity index is 1010. The number of fused-ring (bicyclic) bond motifs is 8. The highest BCUT2D eigenvalue weighted by atomic mass is 35.5. The van der Waals surface area contributed by atoms with E-state index in [1.165, 1.54) is 5.56 Å². The normalized spacial score (nSPS) is 20.0. The Morgan fingerprint density at radius 3 is 2.38 bits per heavy atom. The molecule has 2 bridgehead atoms. The van der Waals surface area contributed by atoms with Crippen LogP contribution in [0, 0.1) is 0 Å². The quantitative estimate of drug-likeness (QED) is 0.680. The van der Waals surface area contributed by atoms with Gasteiger partial charge in [0.05, 0.1) is 9.90 Å². The third-order valence-electron chi connectivity index (χ3n) is 4.68. The first kappa shape index (κ1) is 14.2. The second-order valence-electron chi connectivity index (χ2n) is 5.99. The molecule has 2 atom stereocenters. The zero-order chi connectivity index (χ0) is 16.4. The van der Waals surface area contributed by atoms with Gasteiger partial charge in [0, 0.05) is 4.88 Å². The maximum atomic E-state index is 11.2. The van der Waals surface area contributed by atoms with Gasteiger partial charge in [-0.2, -0.15) is 0 Å². The van der Waals surface area contributed by atoms with E-state index in [-0.39, 0.29) is 12.2 Å². The lowest BCUT2D eigenvalue weighted by Crippen LogP contribution is -2.06. The van der Waals surface area contributed by atoms with Gasteiger partial charge in [0.25, 0.3) is 0 Å². The third-order valence-corrected chi connectivity index (χ3v) is 5.96. The fourth-order valence-corrected chi connectivity index (χ4v) is 4.64. The minimum Gasteiger partial charge on any atom is -0.478 e. The van der Waals surface area contributed by atoms with Crippen LogP contribution in [0.25, 0.3) is 10.4 Å². The van der Waals surface area contributed by atoms with E-state index in [0.717, 1.165) is 31.5 Å². The van der Waals surface area contributed by atoms with Gasteiger partial charge >= 0.3 is 5.97 Å². The molecule has 0 fully saturated rings. The van der Waals surface area contributed by atoms with Crippen molar-refractivity contribution in [1.29, 1.82) is 0 Å². The number of benzene rings is 2. The van der Waals surface area contributed by atoms with Gasteiger partial charge in [-0.15, -0.1) is 11.3 Å². The van der Waals surface area contributed by atoms with Crippen LogP contribution in [0.1, 0.15) is 44.8 Å². The monoisotopic (exact) mass is 354 g/mol. The largest absolute Gasteiger partial charge is 0.478 e. The SMILES string of the molecule is O=C(O)c1ccc2c(c1)[C@@H]1O[C@H]2c2ccc(-c3ccc(Cl)s3)cc21. The average Bonchev–Trinajstić information content (AvgIpc) is 3.27. The fourth-order valence-electron chi connectivity index (χ4n) is 3.60. The molecule has 0 aliphatic carbocycles. The molecule has 0 saturated carbocycles. The van der Waals surface area contributed by atoms with Crippen LogP contribution in [0.15, 0.2) is 48.5 Å². The minimum absolute atomic E-state index is 0.0937. The molecule has 0 amide bonds. The van der Waals surface area contributed by atoms with Crippen molar-refractivity contribution >= 4 is 28.9 Å². The predicted molar refractivity (Wildman–Crippen MR) is 92.9 cm³/mol. The second kappa shape index (κ2) is 4.93. The Balaban J connectivity index is 1.62. The van der Waals surface area contributed by atoms with Crippen molar-refractivity contribution in [3.05, 3.63) is 80.7 Å². The van der Waals surface area contributed by atoms with E-state index in [2.05, 4.69) is 18.2 Å². The molecule has 5 heteroatoms. The van der Waals surface area contributed by atoms with Crippen molar-refractivity contribution in [1.82, 2.24) is 0 Å². The summed E-state index contributed by atoms with van der Waals surface area (Å²) in [5.74, 6) is -0.914. The third kappa shape index (κ3) is 1.91. The summed E-state index contributed by atoms with van der Waals surface area (Å²) in [5.41, 5.74) is 5.74. The molecule has 0 saturated heterocycles. The fraction of sp³-hybridized carbons (Fsp3) is 0.105. The summed E-state index contributed by atoms with van der Waals surface area (Å²) < 4.78 is 6.89. The lowest BCUT2D eigenvalue weighted by molar-refractivity contribution is 0.0696. The van der Waals surface area contributed by atoms with Crippen molar-refractivity contribution in [2.75, 3.05) is 0 Å². The smallest absolute Gasteiger partial charge is 0.335 e. The van der Waals surface area contributed by atoms with Gasteiger partial charge in [0.1, 0.15) is 12.2 Å². The summed E-state index contributed by atoms with van der Waals surface area (Å²) in [6.45, 7) is 0. The van der Waals surface area contributed by atoms with E-state index in [1.807, 2.05) is 18.2 Å². The number of carboxylic acid groups (broad SMARTS) is 1. The van der Waals surface area contributed by atoms with E-state index in [0.29, 0.717) is 5.56 Å². The number of thiophene rings is 1. The molecule has 2 aliphatic rings. The van der Waals surface area contributed by atoms with E-state index < -0.39 is 5.97 Å². The standard InChI is InChI=1S/C19H11ClO3S/c20-16-6-5-15(24-16)9-1-3-11-13(7-9)18-14-8-10(19(21)22)2-4-12(14)17(11)23-18/h1-8,17-18H,(H,21,22)/t17-,18+/m0/s1. The number of carbonyl (C=O) groups is 1. The molecule has 2 aliphatic heterocycles. The van der Waals surface area contributed by atoms with Crippen molar-refractivity contribution < 1.29 is 14.6 Å². The van der Waals surface area contributed by atoms with Gasteiger partial charge < -0.3 is 9.84 Å². The topological polar surface area (TPSA) is 46.5 Å². The minimum atomic E-state index is -0.914. The van der Waals surface area contributed by atoms with Gasteiger partial charge in [0.2, 0.25) is 0 Å². The zero-order valence-electron chi connectivity index (χ0n) is 12.3. The van der Waals surface area contributed by atoms with Crippen LogP contribution >= 0.6 is 22.9 Å². The highest BCUT2D eigenvalue weighted by molar-refractivity contribution is 7.19. The Hall–Kier alpha value is -2.14. The van der Waals surface area contributed by atoms with Crippen LogP contribution in [-0.2, 0) is 4.74 Å². The molecule has 2 aromatic carbocycles. The molecule has 3 aromatic rings. The van der Waals surface area contributed by atoms with E-state index in [9.17, 15) is 9.90 Å². The molecule has 1 N–H and O–H groups in total. The number of ether oxygens (including phenoxy) is 1. The molecule has 0 radical (unpaired) electrons. The number of aromatic carboxylic acids is 1. The van der Waals surface area contributed by atoms with E-state index in [1.54, 1.807) is 23.5 Å². The molecule has 0 unspecified atom stereocenters. The van der Waals surface area contributed by atoms with Crippen molar-refractivity contribution in [2.24, 2.45) is 0 Å². The first-order valence-electron chi connectivity index (χ1n) is 7.54. The lowest BCUT2D eigenvalue weighted by atomic mass is 9.84. The maximum Gasteiger partial charge on any atom is 0.335 e. The molecule has 5 rings (SSSR count). The van der Waals surface area contributed by atoms with Gasteiger partial charge in [0.15, 0.2) is 0 Å². The summed E-state index contributed by atoms with van der Waals surface area (Å²) >= 11 is 7.59. The summed E-state index contributed by atoms with van der Waals surface area (Å²) in [7, 11) is 0. The van der Waals surface area contributed by atoms with Crippen LogP contribution in [0.2, 0.25) is 4.34 Å². The predicted octanol–water partition coefficient (Wildman–Crippen LogP) is 5.29. The van der Waals surface area contributed by atoms with Gasteiger partial charge in [-0.25, -0.2) is 4.79 Å². The Labute approximate surface area is 147 Å². The first-order valence-corrected chi connectivity index (χ1v) is 8.73. The molecule has 118 valence electrons. The van der Waals surface area contributed by atoms with Gasteiger partial charge in [-0.3, -0.25) is 0 Å². The van der Waals surface area contributed by atoms with Crippen molar-refractivity contribution in [3.63, 3.8) is 0 Å². The molecule has 0 spiro atoms. The summed E-state index contributed by atoms with van der Waals surface area (Å²) in [5, 5.41) is 9.22. The van der Waals surface area contributed by atoms with Crippen molar-refractivity contribution in [2.45, 2.75) is 12.2 Å². The first-order chi connectivity index (χ1) is 11.6. The van der Waals surface area contributed by atoms with Crippen LogP contribution < -0.4 is 0 Å². The van der Waals surface area contributed by atoms with E-state index in [4.69, 9.17) is 16.3 Å². The number of carboxylic acids is 1. The van der Waals surface area contributed by atoms with Crippen LogP contribution in [0.5, 0.6) is 0 Å². The number of rotatable bonds is 2. The Kier molecular flexibility index (Phi) is 2.92. The maximum absolute atomic E-state index is 11.2. The highest BCUT2D eigenvalue weighted by Crippen LogP contribution is 2.55. The van der Waals surface area contributed by atoms with E-state index >= 15 is 0 Å². The van der Waals surface area contributed by atoms with Crippen LogP contribution in [0.4, 0.5) is 0 Å². The van der Waals surface area contributed by atoms with Gasteiger partial charge in [-0.1, -0.05) is 29.8 Å². The lowest BCUT2D eigenvalue weighted by Gasteiger charge is -2.17. The molecule has 3 nitrogen and oxygen atoms in total. The molecule has 1 aromatic heterocycles. The Morgan fingerprint density at radius 1 is 0.958 bits per heavy atom. The summed E-state index contributed by atoms with van der Waals surface area (Å²) in [6.07, 6.45) is -0.279. The molecule has 3 heterocycles. The number of hydrogen-bond donors (Lipinski definition) is 1. The van der Waals surface area contributed by atoms with Crippen molar-refractivity contribution in [3.8, 4) is 10.4 Å². The second-order valence-corrected chi connectivity index (χ2v) is 7.71. The van der Waals surface area contributed by atoms with Crippen LogP contribution in [-0.4, -0.2) is 11.1 Å². The number of hydrogen-bond acceptors (Lipinski definition) is 3. The highest BCUT2D eigenvalue weighted by Gasteiger charge is 2.43. The number of halogens is 1. The van der Waals surface area contributed by atoms with Gasteiger partial charge in [-0.05, 0) is 58.1 Å². The molecular formula is C19H11ClO3S. The molecular weight excluding hydrogens is 344 g/mol. The Morgan fingerprint density at radius 2 is 1.67 bits per heavy atom. The summed E-state index contributed by atoms with van der Waals surface area (Å²) in [4.78, 5) is 12.4. The van der Waals surface area contributed by atoms with Crippen LogP contribution in [0.3, 0.4) is 0 Å². The zero-order valence-corrected chi connectivity index (χ0v) is 13.9. The summed E-state index contributed by atoms with van der Waals surface area (Å²) in [6, 6.07) is 15.5. The average molecular weight is 355 g/mol. The molecule has 24 heavy (non-hydrogen) atoms.